The molecule has 238 valence electrons. The lowest BCUT2D eigenvalue weighted by Gasteiger charge is -2.22. The maximum atomic E-state index is 12.8. The number of benzene rings is 2. The number of hydrogen-bond donors (Lipinski definition) is 0. The van der Waals surface area contributed by atoms with Gasteiger partial charge in [-0.25, -0.2) is 4.98 Å². The Morgan fingerprint density at radius 1 is 0.841 bits per heavy atom. The zero-order chi connectivity index (χ0) is 30.3. The van der Waals surface area contributed by atoms with Gasteiger partial charge in [-0.2, -0.15) is 0 Å². The minimum absolute atomic E-state index is 0. The summed E-state index contributed by atoms with van der Waals surface area (Å²) in [4.78, 5) is 19.2. The van der Waals surface area contributed by atoms with Crippen molar-refractivity contribution < 1.29 is 9.53 Å². The third-order valence-corrected chi connectivity index (χ3v) is 8.38. The number of fused-ring (bicyclic) bond motifs is 1. The average Bonchev–Trinajstić information content (AvgIpc) is 3.42. The highest BCUT2D eigenvalue weighted by molar-refractivity contribution is 8.93. The monoisotopic (exact) mass is 681 g/mol. The number of anilines is 1. The molecule has 0 radical (unpaired) electrons. The Morgan fingerprint density at radius 3 is 2.25 bits per heavy atom. The number of imidazole rings is 1. The summed E-state index contributed by atoms with van der Waals surface area (Å²) in [6, 6.07) is 20.0. The van der Waals surface area contributed by atoms with Crippen LogP contribution in [0.3, 0.4) is 0 Å². The quantitative estimate of drug-likeness (QED) is 0.0925. The van der Waals surface area contributed by atoms with E-state index in [0.29, 0.717) is 30.3 Å². The highest BCUT2D eigenvalue weighted by Gasteiger charge is 2.15. The molecule has 0 aliphatic carbocycles. The molecule has 0 fully saturated rings. The van der Waals surface area contributed by atoms with Crippen molar-refractivity contribution in [1.82, 2.24) is 9.38 Å². The molecule has 0 saturated heterocycles. The lowest BCUT2D eigenvalue weighted by atomic mass is 10.1. The first kappa shape index (κ1) is 35.6. The first-order valence-electron chi connectivity index (χ1n) is 16.2. The predicted octanol–water partition coefficient (Wildman–Crippen LogP) is 10.8. The summed E-state index contributed by atoms with van der Waals surface area (Å²) in [6.45, 7) is 4.97. The van der Waals surface area contributed by atoms with Crippen LogP contribution in [0, 0.1) is 0 Å². The van der Waals surface area contributed by atoms with Crippen LogP contribution in [0.5, 0.6) is 5.75 Å². The SMILES string of the molecule is Br.CCCCCCCCCCCCCCOc1cc(CN(C(C)=O)c2cccc(Cc3ncc4ccccn34)c2)ccc1Cl. The molecule has 4 aromatic rings. The largest absolute Gasteiger partial charge is 0.492 e. The molecule has 5 nitrogen and oxygen atoms in total. The number of rotatable bonds is 19. The highest BCUT2D eigenvalue weighted by atomic mass is 79.9. The van der Waals surface area contributed by atoms with E-state index in [1.807, 2.05) is 60.9 Å². The number of hydrogen-bond acceptors (Lipinski definition) is 3. The van der Waals surface area contributed by atoms with Gasteiger partial charge in [0.1, 0.15) is 11.6 Å². The molecule has 0 bridgehead atoms. The summed E-state index contributed by atoms with van der Waals surface area (Å²) < 4.78 is 8.18. The maximum Gasteiger partial charge on any atom is 0.224 e. The second-order valence-electron chi connectivity index (χ2n) is 11.6. The summed E-state index contributed by atoms with van der Waals surface area (Å²) in [7, 11) is 0. The molecule has 4 rings (SSSR count). The average molecular weight is 683 g/mol. The van der Waals surface area contributed by atoms with Crippen LogP contribution in [-0.4, -0.2) is 21.9 Å². The number of carbonyl (C=O) groups is 1. The van der Waals surface area contributed by atoms with Gasteiger partial charge in [-0.1, -0.05) is 113 Å². The molecule has 0 atom stereocenters. The molecule has 1 amide bonds. The Balaban J connectivity index is 0.00000529. The molecule has 0 saturated carbocycles. The fourth-order valence-corrected chi connectivity index (χ4v) is 5.77. The molecule has 0 aliphatic heterocycles. The van der Waals surface area contributed by atoms with Crippen molar-refractivity contribution in [3.63, 3.8) is 0 Å². The molecular formula is C37H49BrClN3O2. The van der Waals surface area contributed by atoms with Gasteiger partial charge in [0.05, 0.1) is 29.9 Å². The van der Waals surface area contributed by atoms with Crippen LogP contribution < -0.4 is 9.64 Å². The van der Waals surface area contributed by atoms with Gasteiger partial charge in [0.2, 0.25) is 5.91 Å². The van der Waals surface area contributed by atoms with Gasteiger partial charge < -0.3 is 14.0 Å². The number of halogens is 2. The van der Waals surface area contributed by atoms with E-state index in [-0.39, 0.29) is 22.9 Å². The Hall–Kier alpha value is -2.83. The van der Waals surface area contributed by atoms with Crippen molar-refractivity contribution >= 4 is 45.7 Å². The minimum atomic E-state index is -0.0164. The van der Waals surface area contributed by atoms with E-state index in [2.05, 4.69) is 28.4 Å². The van der Waals surface area contributed by atoms with Gasteiger partial charge in [0, 0.05) is 25.2 Å². The van der Waals surface area contributed by atoms with Crippen molar-refractivity contribution in [2.45, 2.75) is 104 Å². The second kappa shape index (κ2) is 19.5. The third-order valence-electron chi connectivity index (χ3n) is 8.07. The zero-order valence-electron chi connectivity index (χ0n) is 26.5. The van der Waals surface area contributed by atoms with Crippen LogP contribution in [0.4, 0.5) is 5.69 Å². The number of unbranched alkanes of at least 4 members (excludes halogenated alkanes) is 11. The van der Waals surface area contributed by atoms with Crippen LogP contribution >= 0.6 is 28.6 Å². The fraction of sp³-hybridized carbons (Fsp3) is 0.459. The summed E-state index contributed by atoms with van der Waals surface area (Å²) in [6.07, 6.45) is 20.4. The van der Waals surface area contributed by atoms with E-state index in [0.717, 1.165) is 34.6 Å². The van der Waals surface area contributed by atoms with Gasteiger partial charge >= 0.3 is 0 Å². The van der Waals surface area contributed by atoms with E-state index in [4.69, 9.17) is 16.3 Å². The zero-order valence-corrected chi connectivity index (χ0v) is 28.9. The van der Waals surface area contributed by atoms with Crippen LogP contribution in [0.25, 0.3) is 5.52 Å². The first-order chi connectivity index (χ1) is 21.0. The van der Waals surface area contributed by atoms with E-state index in [9.17, 15) is 4.79 Å². The molecule has 2 aromatic heterocycles. The number of pyridine rings is 1. The molecule has 44 heavy (non-hydrogen) atoms. The smallest absolute Gasteiger partial charge is 0.224 e. The number of carbonyl (C=O) groups excluding carboxylic acids is 1. The summed E-state index contributed by atoms with van der Waals surface area (Å²) in [5.74, 6) is 1.64. The van der Waals surface area contributed by atoms with Gasteiger partial charge in [-0.15, -0.1) is 17.0 Å². The van der Waals surface area contributed by atoms with Crippen molar-refractivity contribution in [3.8, 4) is 5.75 Å². The summed E-state index contributed by atoms with van der Waals surface area (Å²) in [5, 5.41) is 0.603. The number of aromatic nitrogens is 2. The number of nitrogens with zero attached hydrogens (tertiary/aromatic N) is 3. The van der Waals surface area contributed by atoms with E-state index < -0.39 is 0 Å². The van der Waals surface area contributed by atoms with Gasteiger partial charge in [-0.3, -0.25) is 4.79 Å². The van der Waals surface area contributed by atoms with Crippen LogP contribution in [-0.2, 0) is 17.8 Å². The molecule has 0 N–H and O–H groups in total. The van der Waals surface area contributed by atoms with Gasteiger partial charge in [-0.05, 0) is 53.9 Å². The molecule has 0 spiro atoms. The number of amides is 1. The second-order valence-corrected chi connectivity index (χ2v) is 12.0. The van der Waals surface area contributed by atoms with Gasteiger partial charge in [0.15, 0.2) is 0 Å². The topological polar surface area (TPSA) is 46.8 Å². The summed E-state index contributed by atoms with van der Waals surface area (Å²) >= 11 is 6.48. The van der Waals surface area contributed by atoms with Crippen LogP contribution in [0.1, 0.15) is 108 Å². The van der Waals surface area contributed by atoms with Gasteiger partial charge in [0.25, 0.3) is 0 Å². The van der Waals surface area contributed by atoms with Crippen molar-refractivity contribution in [2.24, 2.45) is 0 Å². The third kappa shape index (κ3) is 11.3. The normalized spacial score (nSPS) is 11.0. The lowest BCUT2D eigenvalue weighted by molar-refractivity contribution is -0.116. The first-order valence-corrected chi connectivity index (χ1v) is 16.6. The predicted molar refractivity (Wildman–Crippen MR) is 190 cm³/mol. The van der Waals surface area contributed by atoms with Crippen LogP contribution in [0.15, 0.2) is 73.1 Å². The van der Waals surface area contributed by atoms with E-state index >= 15 is 0 Å². The van der Waals surface area contributed by atoms with Crippen LogP contribution in [0.2, 0.25) is 5.02 Å². The van der Waals surface area contributed by atoms with Crippen molar-refractivity contribution in [2.75, 3.05) is 11.5 Å². The Kier molecular flexibility index (Phi) is 15.8. The maximum absolute atomic E-state index is 12.8. The van der Waals surface area contributed by atoms with E-state index in [1.54, 1.807) is 11.8 Å². The molecule has 0 unspecified atom stereocenters. The molecular weight excluding hydrogens is 634 g/mol. The van der Waals surface area contributed by atoms with E-state index in [1.165, 1.54) is 70.6 Å². The van der Waals surface area contributed by atoms with Crippen molar-refractivity contribution in [3.05, 3.63) is 95.0 Å². The molecule has 0 aliphatic rings. The Morgan fingerprint density at radius 2 is 1.55 bits per heavy atom. The number of ether oxygens (including phenoxy) is 1. The van der Waals surface area contributed by atoms with Crippen molar-refractivity contribution in [1.29, 1.82) is 0 Å². The Labute approximate surface area is 279 Å². The highest BCUT2D eigenvalue weighted by Crippen LogP contribution is 2.28. The molecule has 2 aromatic carbocycles. The standard InChI is InChI=1S/C37H48ClN3O2.BrH/c1-3-4-5-6-7-8-9-10-11-12-13-16-24-43-36-26-32(21-22-35(36)38)29-41(30(2)42)33-20-17-18-31(25-33)27-37-39-28-34-19-14-15-23-40(34)37;/h14-15,17-23,25-26,28H,3-13,16,24,27,29H2,1-2H3;1H. The molecule has 7 heteroatoms. The molecule has 2 heterocycles. The minimum Gasteiger partial charge on any atom is -0.492 e. The fourth-order valence-electron chi connectivity index (χ4n) is 5.60. The summed E-state index contributed by atoms with van der Waals surface area (Å²) in [5.41, 5.74) is 4.01. The Bertz CT molecular complexity index is 1420. The lowest BCUT2D eigenvalue weighted by Crippen LogP contribution is -2.27.